The summed E-state index contributed by atoms with van der Waals surface area (Å²) >= 11 is 0. The fourth-order valence-corrected chi connectivity index (χ4v) is 2.80. The van der Waals surface area contributed by atoms with Crippen molar-refractivity contribution in [3.8, 4) is 0 Å². The van der Waals surface area contributed by atoms with E-state index in [0.29, 0.717) is 0 Å². The van der Waals surface area contributed by atoms with Gasteiger partial charge in [0.2, 0.25) is 0 Å². The molecule has 0 saturated heterocycles. The Morgan fingerprint density at radius 3 is 1.10 bits per heavy atom. The number of ether oxygens (including phenoxy) is 3. The average Bonchev–Trinajstić information content (AvgIpc) is 2.51. The van der Waals surface area contributed by atoms with Crippen molar-refractivity contribution in [2.75, 3.05) is 0 Å². The minimum atomic E-state index is -1.13. The van der Waals surface area contributed by atoms with Gasteiger partial charge in [-0.3, -0.25) is 14.4 Å². The van der Waals surface area contributed by atoms with E-state index in [2.05, 4.69) is 10.0 Å². The second-order valence-corrected chi connectivity index (χ2v) is 10.7. The zero-order valence-corrected chi connectivity index (χ0v) is 20.5. The van der Waals surface area contributed by atoms with Gasteiger partial charge in [-0.2, -0.15) is 0 Å². The van der Waals surface area contributed by atoms with Crippen molar-refractivity contribution in [2.45, 2.75) is 123 Å². The Balaban J connectivity index is 5.44. The van der Waals surface area contributed by atoms with Gasteiger partial charge in [-0.25, -0.2) is 0 Å². The molecule has 9 heteroatoms. The zero-order chi connectivity index (χ0) is 24.5. The molecule has 0 heterocycles. The van der Waals surface area contributed by atoms with Gasteiger partial charge in [0.1, 0.15) is 16.8 Å². The van der Waals surface area contributed by atoms with Crippen LogP contribution in [0.2, 0.25) is 0 Å². The Bertz CT molecular complexity index is 598. The van der Waals surface area contributed by atoms with Crippen LogP contribution in [0.5, 0.6) is 0 Å². The van der Waals surface area contributed by atoms with Crippen molar-refractivity contribution in [3.05, 3.63) is 10.4 Å². The number of hydrogen-bond donors (Lipinski definition) is 0. The lowest BCUT2D eigenvalue weighted by molar-refractivity contribution is -0.155. The molecule has 0 aromatic carbocycles. The summed E-state index contributed by atoms with van der Waals surface area (Å²) in [6, 6.07) is 0. The summed E-state index contributed by atoms with van der Waals surface area (Å²) in [6.07, 6.45) is 0.365. The number of hydrogen-bond acceptors (Lipinski definition) is 7. The highest BCUT2D eigenvalue weighted by Gasteiger charge is 2.33. The summed E-state index contributed by atoms with van der Waals surface area (Å²) in [5.41, 5.74) is 6.10. The van der Waals surface area contributed by atoms with E-state index in [4.69, 9.17) is 19.7 Å². The van der Waals surface area contributed by atoms with Crippen molar-refractivity contribution < 1.29 is 28.6 Å². The smallest absolute Gasteiger partial charge is 0.306 e. The lowest BCUT2D eigenvalue weighted by Gasteiger charge is -2.30. The zero-order valence-electron chi connectivity index (χ0n) is 20.5. The van der Waals surface area contributed by atoms with E-state index < -0.39 is 40.2 Å². The topological polar surface area (TPSA) is 128 Å². The standard InChI is InChI=1S/C22H39N3O6/c1-19(2,3)29-16(26)10-13-22(24-25-23,14-11-17(27)30-20(4,5)6)15-12-18(28)31-21(7,8)9/h10-15H2,1-9H3. The van der Waals surface area contributed by atoms with Crippen molar-refractivity contribution in [2.24, 2.45) is 5.11 Å². The lowest BCUT2D eigenvalue weighted by Crippen LogP contribution is -2.33. The van der Waals surface area contributed by atoms with Crippen LogP contribution in [0.15, 0.2) is 5.11 Å². The van der Waals surface area contributed by atoms with Crippen LogP contribution in [0, 0.1) is 0 Å². The highest BCUT2D eigenvalue weighted by atomic mass is 16.6. The quantitative estimate of drug-likeness (QED) is 0.147. The first kappa shape index (κ1) is 28.7. The molecule has 0 aliphatic rings. The SMILES string of the molecule is CC(C)(C)OC(=O)CCC(CCC(=O)OC(C)(C)C)(CCC(=O)OC(C)(C)C)N=[N+]=[N-]. The van der Waals surface area contributed by atoms with Crippen LogP contribution < -0.4 is 0 Å². The van der Waals surface area contributed by atoms with Crippen molar-refractivity contribution in [1.82, 2.24) is 0 Å². The number of rotatable bonds is 10. The van der Waals surface area contributed by atoms with E-state index in [9.17, 15) is 14.4 Å². The molecule has 0 rings (SSSR count). The van der Waals surface area contributed by atoms with E-state index in [0.717, 1.165) is 0 Å². The van der Waals surface area contributed by atoms with Gasteiger partial charge in [0, 0.05) is 24.2 Å². The monoisotopic (exact) mass is 441 g/mol. The van der Waals surface area contributed by atoms with E-state index >= 15 is 0 Å². The molecule has 0 unspecified atom stereocenters. The minimum absolute atomic E-state index is 0.0150. The molecule has 0 bridgehead atoms. The Hall–Kier alpha value is -2.28. The summed E-state index contributed by atoms with van der Waals surface area (Å²) in [4.78, 5) is 39.6. The van der Waals surface area contributed by atoms with E-state index in [1.54, 1.807) is 62.3 Å². The molecule has 0 aliphatic carbocycles. The predicted molar refractivity (Wildman–Crippen MR) is 117 cm³/mol. The van der Waals surface area contributed by atoms with E-state index in [1.165, 1.54) is 0 Å². The highest BCUT2D eigenvalue weighted by molar-refractivity contribution is 5.71. The molecule has 0 radical (unpaired) electrons. The van der Waals surface area contributed by atoms with Gasteiger partial charge < -0.3 is 14.2 Å². The van der Waals surface area contributed by atoms with Gasteiger partial charge in [-0.1, -0.05) is 5.11 Å². The molecule has 0 aliphatic heterocycles. The Morgan fingerprint density at radius 2 is 0.903 bits per heavy atom. The molecule has 0 aromatic heterocycles. The van der Waals surface area contributed by atoms with Crippen molar-refractivity contribution in [1.29, 1.82) is 0 Å². The van der Waals surface area contributed by atoms with E-state index in [1.807, 2.05) is 0 Å². The van der Waals surface area contributed by atoms with Crippen LogP contribution in [0.1, 0.15) is 101 Å². The second kappa shape index (κ2) is 11.4. The molecular weight excluding hydrogens is 402 g/mol. The molecular formula is C22H39N3O6. The first-order valence-corrected chi connectivity index (χ1v) is 10.6. The molecule has 9 nitrogen and oxygen atoms in total. The molecule has 0 saturated carbocycles. The Kier molecular flexibility index (Phi) is 10.5. The molecule has 0 amide bonds. The molecule has 31 heavy (non-hydrogen) atoms. The van der Waals surface area contributed by atoms with E-state index in [-0.39, 0.29) is 38.5 Å². The summed E-state index contributed by atoms with van der Waals surface area (Å²) in [5, 5.41) is 3.92. The van der Waals surface area contributed by atoms with Gasteiger partial charge >= 0.3 is 17.9 Å². The molecule has 0 atom stereocenters. The summed E-state index contributed by atoms with van der Waals surface area (Å²) < 4.78 is 16.0. The maximum absolute atomic E-state index is 12.2. The van der Waals surface area contributed by atoms with Gasteiger partial charge in [0.15, 0.2) is 0 Å². The fraction of sp³-hybridized carbons (Fsp3) is 0.864. The van der Waals surface area contributed by atoms with Crippen molar-refractivity contribution >= 4 is 17.9 Å². The summed E-state index contributed by atoms with van der Waals surface area (Å²) in [6.45, 7) is 15.8. The lowest BCUT2D eigenvalue weighted by atomic mass is 9.84. The van der Waals surface area contributed by atoms with Gasteiger partial charge in [-0.05, 0) is 87.1 Å². The van der Waals surface area contributed by atoms with Crippen LogP contribution in [0.4, 0.5) is 0 Å². The van der Waals surface area contributed by atoms with Crippen LogP contribution in [-0.4, -0.2) is 40.2 Å². The molecule has 0 N–H and O–H groups in total. The number of nitrogens with zero attached hydrogens (tertiary/aromatic N) is 3. The molecule has 178 valence electrons. The summed E-state index contributed by atoms with van der Waals surface area (Å²) in [5.74, 6) is -1.33. The van der Waals surface area contributed by atoms with Crippen LogP contribution >= 0.6 is 0 Å². The van der Waals surface area contributed by atoms with Crippen LogP contribution in [0.3, 0.4) is 0 Å². The summed E-state index contributed by atoms with van der Waals surface area (Å²) in [7, 11) is 0. The maximum Gasteiger partial charge on any atom is 0.306 e. The number of carbonyl (C=O) groups is 3. The Labute approximate surface area is 185 Å². The second-order valence-electron chi connectivity index (χ2n) is 10.7. The van der Waals surface area contributed by atoms with Gasteiger partial charge in [-0.15, -0.1) is 0 Å². The number of azide groups is 1. The molecule has 0 aromatic rings. The molecule has 0 spiro atoms. The third-order valence-electron chi connectivity index (χ3n) is 3.90. The van der Waals surface area contributed by atoms with Gasteiger partial charge in [0.05, 0.1) is 5.54 Å². The average molecular weight is 442 g/mol. The normalized spacial score (nSPS) is 12.5. The number of esters is 3. The third kappa shape index (κ3) is 15.2. The van der Waals surface area contributed by atoms with Gasteiger partial charge in [0.25, 0.3) is 0 Å². The first-order valence-electron chi connectivity index (χ1n) is 10.6. The van der Waals surface area contributed by atoms with Crippen molar-refractivity contribution in [3.63, 3.8) is 0 Å². The predicted octanol–water partition coefficient (Wildman–Crippen LogP) is 5.40. The highest BCUT2D eigenvalue weighted by Crippen LogP contribution is 2.32. The number of carbonyl (C=O) groups excluding carboxylic acids is 3. The van der Waals surface area contributed by atoms with Crippen LogP contribution in [0.25, 0.3) is 10.4 Å². The third-order valence-corrected chi connectivity index (χ3v) is 3.90. The Morgan fingerprint density at radius 1 is 0.645 bits per heavy atom. The first-order chi connectivity index (χ1) is 13.9. The molecule has 0 fully saturated rings. The minimum Gasteiger partial charge on any atom is -0.460 e. The largest absolute Gasteiger partial charge is 0.460 e. The fourth-order valence-electron chi connectivity index (χ4n) is 2.80. The maximum atomic E-state index is 12.2. The van der Waals surface area contributed by atoms with Crippen LogP contribution in [-0.2, 0) is 28.6 Å².